The molecule has 3 rings (SSSR count). The van der Waals surface area contributed by atoms with E-state index in [4.69, 9.17) is 9.47 Å². The Morgan fingerprint density at radius 2 is 1.90 bits per heavy atom. The van der Waals surface area contributed by atoms with Gasteiger partial charge >= 0.3 is 0 Å². The summed E-state index contributed by atoms with van der Waals surface area (Å²) in [5, 5.41) is 11.9. The maximum Gasteiger partial charge on any atom is 0.234 e. The summed E-state index contributed by atoms with van der Waals surface area (Å²) in [6.07, 6.45) is 0. The van der Waals surface area contributed by atoms with E-state index in [2.05, 4.69) is 15.5 Å². The highest BCUT2D eigenvalue weighted by atomic mass is 32.2. The fourth-order valence-corrected chi connectivity index (χ4v) is 3.72. The van der Waals surface area contributed by atoms with E-state index in [-0.39, 0.29) is 11.7 Å². The first kappa shape index (κ1) is 21.6. The first-order valence-corrected chi connectivity index (χ1v) is 10.3. The maximum atomic E-state index is 13.4. The Morgan fingerprint density at radius 3 is 2.60 bits per heavy atom. The molecule has 0 aliphatic carbocycles. The van der Waals surface area contributed by atoms with Crippen LogP contribution in [0.1, 0.15) is 12.5 Å². The van der Waals surface area contributed by atoms with E-state index < -0.39 is 5.82 Å². The molecule has 1 aromatic heterocycles. The number of carbonyl (C=O) groups is 1. The van der Waals surface area contributed by atoms with E-state index in [1.54, 1.807) is 20.3 Å². The lowest BCUT2D eigenvalue weighted by Gasteiger charge is -2.11. The lowest BCUT2D eigenvalue weighted by Crippen LogP contribution is -2.15. The van der Waals surface area contributed by atoms with Crippen LogP contribution in [-0.4, -0.2) is 40.6 Å². The second kappa shape index (κ2) is 9.62. The van der Waals surface area contributed by atoms with Crippen molar-refractivity contribution in [2.24, 2.45) is 0 Å². The molecule has 0 aliphatic heterocycles. The monoisotopic (exact) mass is 430 g/mol. The minimum Gasteiger partial charge on any atom is -0.493 e. The molecule has 0 atom stereocenters. The van der Waals surface area contributed by atoms with Crippen molar-refractivity contribution in [2.75, 3.05) is 25.3 Å². The molecule has 1 N–H and O–H groups in total. The lowest BCUT2D eigenvalue weighted by atomic mass is 10.2. The molecular formula is C21H23FN4O3S. The van der Waals surface area contributed by atoms with Crippen LogP contribution in [-0.2, 0) is 11.3 Å². The number of aryl methyl sites for hydroxylation is 1. The molecule has 0 saturated carbocycles. The number of rotatable bonds is 8. The molecule has 158 valence electrons. The van der Waals surface area contributed by atoms with E-state index in [0.29, 0.717) is 34.7 Å². The highest BCUT2D eigenvalue weighted by Gasteiger charge is 2.17. The zero-order chi connectivity index (χ0) is 21.7. The van der Waals surface area contributed by atoms with Gasteiger partial charge in [0.05, 0.1) is 20.0 Å². The van der Waals surface area contributed by atoms with Gasteiger partial charge in [0.15, 0.2) is 22.5 Å². The Labute approximate surface area is 178 Å². The highest BCUT2D eigenvalue weighted by Crippen LogP contribution is 2.32. The molecule has 1 heterocycles. The van der Waals surface area contributed by atoms with Crippen molar-refractivity contribution < 1.29 is 18.7 Å². The summed E-state index contributed by atoms with van der Waals surface area (Å²) in [5.74, 6) is 1.38. The van der Waals surface area contributed by atoms with Crippen LogP contribution in [0.25, 0.3) is 11.4 Å². The molecule has 7 nitrogen and oxygen atoms in total. The molecule has 9 heteroatoms. The number of benzene rings is 2. The molecule has 0 saturated heterocycles. The summed E-state index contributed by atoms with van der Waals surface area (Å²) in [6, 6.07) is 9.82. The average Bonchev–Trinajstić information content (AvgIpc) is 3.17. The maximum absolute atomic E-state index is 13.4. The quantitative estimate of drug-likeness (QED) is 0.541. The van der Waals surface area contributed by atoms with Crippen molar-refractivity contribution in [3.8, 4) is 22.9 Å². The van der Waals surface area contributed by atoms with Gasteiger partial charge in [0.2, 0.25) is 5.91 Å². The normalized spacial score (nSPS) is 10.7. The molecule has 0 spiro atoms. The third-order valence-corrected chi connectivity index (χ3v) is 5.45. The Kier molecular flexibility index (Phi) is 6.94. The van der Waals surface area contributed by atoms with Gasteiger partial charge in [-0.3, -0.25) is 4.79 Å². The summed E-state index contributed by atoms with van der Waals surface area (Å²) in [6.45, 7) is 4.42. The standard InChI is InChI=1S/C21H23FN4O3S/c1-5-26-20(14-7-9-17(28-3)18(10-14)29-4)24-25-21(26)30-12-19(27)23-16-11-15(22)8-6-13(16)2/h6-11H,5,12H2,1-4H3,(H,23,27). The Hall–Kier alpha value is -3.07. The average molecular weight is 431 g/mol. The number of hydrogen-bond acceptors (Lipinski definition) is 6. The number of nitrogens with zero attached hydrogens (tertiary/aromatic N) is 3. The van der Waals surface area contributed by atoms with Gasteiger partial charge in [0.1, 0.15) is 5.82 Å². The van der Waals surface area contributed by atoms with Crippen LogP contribution in [0.4, 0.5) is 10.1 Å². The van der Waals surface area contributed by atoms with Crippen molar-refractivity contribution in [3.05, 3.63) is 47.8 Å². The van der Waals surface area contributed by atoms with Gasteiger partial charge in [-0.15, -0.1) is 10.2 Å². The van der Waals surface area contributed by atoms with Crippen LogP contribution in [0.15, 0.2) is 41.6 Å². The third-order valence-electron chi connectivity index (χ3n) is 4.48. The van der Waals surface area contributed by atoms with Crippen molar-refractivity contribution in [1.82, 2.24) is 14.8 Å². The molecule has 2 aromatic carbocycles. The van der Waals surface area contributed by atoms with Crippen LogP contribution in [0.5, 0.6) is 11.5 Å². The van der Waals surface area contributed by atoms with Crippen LogP contribution >= 0.6 is 11.8 Å². The van der Waals surface area contributed by atoms with E-state index in [0.717, 1.165) is 11.1 Å². The second-order valence-electron chi connectivity index (χ2n) is 6.42. The predicted octanol–water partition coefficient (Wildman–Crippen LogP) is 4.16. The minimum absolute atomic E-state index is 0.125. The van der Waals surface area contributed by atoms with E-state index in [1.165, 1.54) is 23.9 Å². The predicted molar refractivity (Wildman–Crippen MR) is 115 cm³/mol. The number of ether oxygens (including phenoxy) is 2. The second-order valence-corrected chi connectivity index (χ2v) is 7.36. The van der Waals surface area contributed by atoms with Gasteiger partial charge in [-0.1, -0.05) is 17.8 Å². The summed E-state index contributed by atoms with van der Waals surface area (Å²) in [4.78, 5) is 12.3. The minimum atomic E-state index is -0.395. The number of halogens is 1. The van der Waals surface area contributed by atoms with Crippen LogP contribution in [0.3, 0.4) is 0 Å². The van der Waals surface area contributed by atoms with Gasteiger partial charge in [0, 0.05) is 17.8 Å². The Morgan fingerprint density at radius 1 is 1.13 bits per heavy atom. The summed E-state index contributed by atoms with van der Waals surface area (Å²) >= 11 is 1.27. The topological polar surface area (TPSA) is 78.3 Å². The first-order chi connectivity index (χ1) is 14.5. The van der Waals surface area contributed by atoms with E-state index >= 15 is 0 Å². The van der Waals surface area contributed by atoms with Gasteiger partial charge in [-0.2, -0.15) is 0 Å². The molecular weight excluding hydrogens is 407 g/mol. The molecule has 0 bridgehead atoms. The van der Waals surface area contributed by atoms with Crippen molar-refractivity contribution in [1.29, 1.82) is 0 Å². The van der Waals surface area contributed by atoms with Gasteiger partial charge < -0.3 is 19.4 Å². The fourth-order valence-electron chi connectivity index (χ4n) is 2.91. The van der Waals surface area contributed by atoms with Crippen molar-refractivity contribution in [3.63, 3.8) is 0 Å². The zero-order valence-electron chi connectivity index (χ0n) is 17.2. The Bertz CT molecular complexity index is 1050. The number of methoxy groups -OCH3 is 2. The van der Waals surface area contributed by atoms with Crippen molar-refractivity contribution >= 4 is 23.4 Å². The molecule has 0 fully saturated rings. The number of carbonyl (C=O) groups excluding carboxylic acids is 1. The lowest BCUT2D eigenvalue weighted by molar-refractivity contribution is -0.113. The molecule has 0 aliphatic rings. The van der Waals surface area contributed by atoms with Gasteiger partial charge in [-0.25, -0.2) is 4.39 Å². The largest absolute Gasteiger partial charge is 0.493 e. The Balaban J connectivity index is 1.74. The molecule has 0 unspecified atom stereocenters. The van der Waals surface area contributed by atoms with E-state index in [9.17, 15) is 9.18 Å². The number of anilines is 1. The summed E-state index contributed by atoms with van der Waals surface area (Å²) in [5.41, 5.74) is 2.08. The third kappa shape index (κ3) is 4.73. The highest BCUT2D eigenvalue weighted by molar-refractivity contribution is 7.99. The summed E-state index contributed by atoms with van der Waals surface area (Å²) < 4.78 is 26.0. The van der Waals surface area contributed by atoms with Crippen molar-refractivity contribution in [2.45, 2.75) is 25.5 Å². The van der Waals surface area contributed by atoms with Crippen LogP contribution < -0.4 is 14.8 Å². The first-order valence-electron chi connectivity index (χ1n) is 9.31. The number of nitrogens with one attached hydrogen (secondary N) is 1. The fraction of sp³-hybridized carbons (Fsp3) is 0.286. The summed E-state index contributed by atoms with van der Waals surface area (Å²) in [7, 11) is 3.16. The molecule has 0 radical (unpaired) electrons. The zero-order valence-corrected chi connectivity index (χ0v) is 18.0. The smallest absolute Gasteiger partial charge is 0.234 e. The SMILES string of the molecule is CCn1c(SCC(=O)Nc2cc(F)ccc2C)nnc1-c1ccc(OC)c(OC)c1. The van der Waals surface area contributed by atoms with Gasteiger partial charge in [-0.05, 0) is 49.7 Å². The van der Waals surface area contributed by atoms with E-state index in [1.807, 2.05) is 36.6 Å². The number of aromatic nitrogens is 3. The van der Waals surface area contributed by atoms with Gasteiger partial charge in [0.25, 0.3) is 0 Å². The number of thioether (sulfide) groups is 1. The number of amides is 1. The number of hydrogen-bond donors (Lipinski definition) is 1. The molecule has 1 amide bonds. The molecule has 30 heavy (non-hydrogen) atoms. The van der Waals surface area contributed by atoms with Crippen LogP contribution in [0, 0.1) is 12.7 Å². The van der Waals surface area contributed by atoms with Crippen LogP contribution in [0.2, 0.25) is 0 Å². The molecule has 3 aromatic rings.